The summed E-state index contributed by atoms with van der Waals surface area (Å²) in [4.78, 5) is 14.5. The first-order chi connectivity index (χ1) is 9.71. The summed E-state index contributed by atoms with van der Waals surface area (Å²) in [5.74, 6) is 1.04. The summed E-state index contributed by atoms with van der Waals surface area (Å²) >= 11 is 5.91. The Morgan fingerprint density at radius 3 is 2.50 bits per heavy atom. The van der Waals surface area contributed by atoms with Crippen LogP contribution in [-0.2, 0) is 9.47 Å². The van der Waals surface area contributed by atoms with Crippen molar-refractivity contribution in [3.8, 4) is 0 Å². The molecule has 0 atom stereocenters. The zero-order chi connectivity index (χ0) is 14.8. The van der Waals surface area contributed by atoms with Crippen molar-refractivity contribution >= 4 is 23.5 Å². The number of nitrogens with one attached hydrogen (secondary N) is 1. The lowest BCUT2D eigenvalue weighted by molar-refractivity contribution is 0.0759. The van der Waals surface area contributed by atoms with Crippen LogP contribution in [-0.4, -0.2) is 61.5 Å². The van der Waals surface area contributed by atoms with E-state index >= 15 is 0 Å². The minimum absolute atomic E-state index is 0.185. The molecule has 0 aliphatic carbocycles. The van der Waals surface area contributed by atoms with Crippen molar-refractivity contribution in [1.82, 2.24) is 15.0 Å². The minimum Gasteiger partial charge on any atom is -0.382 e. The third-order valence-corrected chi connectivity index (χ3v) is 2.77. The van der Waals surface area contributed by atoms with E-state index in [4.69, 9.17) is 21.1 Å². The molecule has 20 heavy (non-hydrogen) atoms. The van der Waals surface area contributed by atoms with Gasteiger partial charge in [-0.15, -0.1) is 0 Å². The van der Waals surface area contributed by atoms with Crippen LogP contribution in [0.15, 0.2) is 0 Å². The van der Waals surface area contributed by atoms with Gasteiger partial charge in [0.2, 0.25) is 17.2 Å². The predicted molar refractivity (Wildman–Crippen MR) is 79.6 cm³/mol. The lowest BCUT2D eigenvalue weighted by atomic mass is 10.5. The molecular weight excluding hydrogens is 282 g/mol. The molecule has 1 rings (SSSR count). The van der Waals surface area contributed by atoms with E-state index < -0.39 is 0 Å². The Hall–Kier alpha value is -1.18. The molecule has 0 amide bonds. The molecule has 0 fully saturated rings. The zero-order valence-electron chi connectivity index (χ0n) is 12.2. The van der Waals surface area contributed by atoms with Gasteiger partial charge in [0.1, 0.15) is 0 Å². The normalized spacial score (nSPS) is 10.6. The maximum atomic E-state index is 5.91. The molecule has 8 heteroatoms. The van der Waals surface area contributed by atoms with Gasteiger partial charge in [-0.05, 0) is 25.4 Å². The van der Waals surface area contributed by atoms with Gasteiger partial charge in [-0.3, -0.25) is 0 Å². The monoisotopic (exact) mass is 303 g/mol. The van der Waals surface area contributed by atoms with Gasteiger partial charge in [-0.1, -0.05) is 0 Å². The Kier molecular flexibility index (Phi) is 8.17. The lowest BCUT2D eigenvalue weighted by Crippen LogP contribution is -2.25. The van der Waals surface area contributed by atoms with Gasteiger partial charge in [0.15, 0.2) is 0 Å². The molecule has 0 radical (unpaired) electrons. The second-order valence-corrected chi connectivity index (χ2v) is 4.27. The van der Waals surface area contributed by atoms with Crippen LogP contribution in [0.1, 0.15) is 13.8 Å². The van der Waals surface area contributed by atoms with E-state index in [0.29, 0.717) is 38.3 Å². The third-order valence-electron chi connectivity index (χ3n) is 2.60. The Morgan fingerprint density at radius 2 is 1.85 bits per heavy atom. The van der Waals surface area contributed by atoms with Crippen LogP contribution in [0.4, 0.5) is 11.9 Å². The van der Waals surface area contributed by atoms with Crippen LogP contribution in [0.25, 0.3) is 0 Å². The highest BCUT2D eigenvalue weighted by atomic mass is 35.5. The smallest absolute Gasteiger partial charge is 0.231 e. The SMILES string of the molecule is CCN(CC)c1nc(Cl)nc(NCCOCCOC)n1. The molecular formula is C12H22ClN5O2. The van der Waals surface area contributed by atoms with E-state index in [-0.39, 0.29) is 5.28 Å². The van der Waals surface area contributed by atoms with Crippen molar-refractivity contribution in [2.75, 3.05) is 56.8 Å². The number of methoxy groups -OCH3 is 1. The molecule has 0 aliphatic rings. The molecule has 1 aromatic heterocycles. The molecule has 0 unspecified atom stereocenters. The number of rotatable bonds is 10. The first kappa shape index (κ1) is 16.9. The van der Waals surface area contributed by atoms with Crippen LogP contribution in [0.2, 0.25) is 5.28 Å². The number of anilines is 2. The molecule has 0 aromatic carbocycles. The Balaban J connectivity index is 2.49. The number of aromatic nitrogens is 3. The van der Waals surface area contributed by atoms with Crippen molar-refractivity contribution in [2.24, 2.45) is 0 Å². The van der Waals surface area contributed by atoms with Crippen LogP contribution < -0.4 is 10.2 Å². The van der Waals surface area contributed by atoms with Crippen molar-refractivity contribution in [1.29, 1.82) is 0 Å². The molecule has 0 spiro atoms. The predicted octanol–water partition coefficient (Wildman–Crippen LogP) is 1.45. The lowest BCUT2D eigenvalue weighted by Gasteiger charge is -2.18. The maximum Gasteiger partial charge on any atom is 0.231 e. The molecule has 0 bridgehead atoms. The van der Waals surface area contributed by atoms with Crippen molar-refractivity contribution in [3.05, 3.63) is 5.28 Å². The van der Waals surface area contributed by atoms with Gasteiger partial charge in [-0.25, -0.2) is 0 Å². The van der Waals surface area contributed by atoms with E-state index in [1.54, 1.807) is 7.11 Å². The highest BCUT2D eigenvalue weighted by Crippen LogP contribution is 2.13. The van der Waals surface area contributed by atoms with Gasteiger partial charge < -0.3 is 19.7 Å². The third kappa shape index (κ3) is 5.85. The quantitative estimate of drug-likeness (QED) is 0.656. The first-order valence-corrected chi connectivity index (χ1v) is 7.06. The van der Waals surface area contributed by atoms with E-state index in [2.05, 4.69) is 20.3 Å². The van der Waals surface area contributed by atoms with Crippen LogP contribution in [0.3, 0.4) is 0 Å². The second kappa shape index (κ2) is 9.68. The molecule has 7 nitrogen and oxygen atoms in total. The van der Waals surface area contributed by atoms with E-state index in [1.807, 2.05) is 18.7 Å². The Morgan fingerprint density at radius 1 is 1.10 bits per heavy atom. The molecule has 1 N–H and O–H groups in total. The van der Waals surface area contributed by atoms with Gasteiger partial charge in [0, 0.05) is 26.7 Å². The summed E-state index contributed by atoms with van der Waals surface area (Å²) in [7, 11) is 1.64. The highest BCUT2D eigenvalue weighted by Gasteiger charge is 2.09. The zero-order valence-corrected chi connectivity index (χ0v) is 13.0. The van der Waals surface area contributed by atoms with E-state index in [0.717, 1.165) is 13.1 Å². The summed E-state index contributed by atoms with van der Waals surface area (Å²) in [6.45, 7) is 8.02. The fourth-order valence-corrected chi connectivity index (χ4v) is 1.70. The molecule has 114 valence electrons. The summed E-state index contributed by atoms with van der Waals surface area (Å²) in [5, 5.41) is 3.25. The largest absolute Gasteiger partial charge is 0.382 e. The average Bonchev–Trinajstić information content (AvgIpc) is 2.43. The number of hydrogen-bond acceptors (Lipinski definition) is 7. The van der Waals surface area contributed by atoms with Crippen LogP contribution in [0.5, 0.6) is 0 Å². The van der Waals surface area contributed by atoms with Gasteiger partial charge in [-0.2, -0.15) is 15.0 Å². The Bertz CT molecular complexity index is 390. The van der Waals surface area contributed by atoms with Crippen molar-refractivity contribution in [3.63, 3.8) is 0 Å². The summed E-state index contributed by atoms with van der Waals surface area (Å²) in [6, 6.07) is 0. The minimum atomic E-state index is 0.185. The average molecular weight is 304 g/mol. The van der Waals surface area contributed by atoms with Crippen molar-refractivity contribution < 1.29 is 9.47 Å². The highest BCUT2D eigenvalue weighted by molar-refractivity contribution is 6.28. The summed E-state index contributed by atoms with van der Waals surface area (Å²) in [6.07, 6.45) is 0. The van der Waals surface area contributed by atoms with Crippen LogP contribution >= 0.6 is 11.6 Å². The number of halogens is 1. The first-order valence-electron chi connectivity index (χ1n) is 6.68. The van der Waals surface area contributed by atoms with E-state index in [9.17, 15) is 0 Å². The van der Waals surface area contributed by atoms with Gasteiger partial charge in [0.05, 0.1) is 19.8 Å². The molecule has 0 saturated carbocycles. The summed E-state index contributed by atoms with van der Waals surface area (Å²) < 4.78 is 10.2. The number of ether oxygens (including phenoxy) is 2. The molecule has 0 aliphatic heterocycles. The maximum absolute atomic E-state index is 5.91. The standard InChI is InChI=1S/C12H22ClN5O2/c1-4-18(5-2)12-16-10(13)15-11(17-12)14-6-7-20-9-8-19-3/h4-9H2,1-3H3,(H,14,15,16,17). The fourth-order valence-electron chi connectivity index (χ4n) is 1.55. The Labute approximate surface area is 124 Å². The van der Waals surface area contributed by atoms with Gasteiger partial charge >= 0.3 is 0 Å². The molecule has 1 heterocycles. The molecule has 0 saturated heterocycles. The molecule has 1 aromatic rings. The second-order valence-electron chi connectivity index (χ2n) is 3.93. The topological polar surface area (TPSA) is 72.4 Å². The van der Waals surface area contributed by atoms with E-state index in [1.165, 1.54) is 0 Å². The van der Waals surface area contributed by atoms with Gasteiger partial charge in [0.25, 0.3) is 0 Å². The summed E-state index contributed by atoms with van der Waals surface area (Å²) in [5.41, 5.74) is 0. The fraction of sp³-hybridized carbons (Fsp3) is 0.750. The number of nitrogens with zero attached hydrogens (tertiary/aromatic N) is 4. The number of hydrogen-bond donors (Lipinski definition) is 1. The van der Waals surface area contributed by atoms with Crippen molar-refractivity contribution in [2.45, 2.75) is 13.8 Å². The van der Waals surface area contributed by atoms with Crippen LogP contribution in [0, 0.1) is 0 Å².